The van der Waals surface area contributed by atoms with Gasteiger partial charge in [-0.25, -0.2) is 0 Å². The molecule has 0 fully saturated rings. The van der Waals surface area contributed by atoms with Crippen LogP contribution in [0.25, 0.3) is 0 Å². The fraction of sp³-hybridized carbons (Fsp3) is 0.300. The molecular weight excluding hydrogens is 246 g/mol. The number of aryl methyl sites for hydroxylation is 1. The molecule has 17 heavy (non-hydrogen) atoms. The van der Waals surface area contributed by atoms with Gasteiger partial charge >= 0.3 is 10.4 Å². The SMILES string of the molecule is O=C1CCCc2ccccc2N1.O=S(=O)(O)O. The van der Waals surface area contributed by atoms with Crippen molar-refractivity contribution in [1.82, 2.24) is 0 Å². The van der Waals surface area contributed by atoms with E-state index in [0.717, 1.165) is 18.5 Å². The first-order chi connectivity index (χ1) is 7.86. The third kappa shape index (κ3) is 6.00. The highest BCUT2D eigenvalue weighted by atomic mass is 32.3. The largest absolute Gasteiger partial charge is 0.394 e. The first kappa shape index (κ1) is 13.6. The molecular formula is C10H13NO5S. The second kappa shape index (κ2) is 5.76. The molecule has 0 aliphatic carbocycles. The minimum atomic E-state index is -4.67. The van der Waals surface area contributed by atoms with Crippen molar-refractivity contribution in [3.63, 3.8) is 0 Å². The van der Waals surface area contributed by atoms with Crippen LogP contribution >= 0.6 is 0 Å². The molecule has 1 aromatic carbocycles. The highest BCUT2D eigenvalue weighted by Gasteiger charge is 2.10. The third-order valence-corrected chi connectivity index (χ3v) is 2.14. The number of anilines is 1. The van der Waals surface area contributed by atoms with E-state index in [1.807, 2.05) is 18.2 Å². The zero-order chi connectivity index (χ0) is 12.9. The lowest BCUT2D eigenvalue weighted by Crippen LogP contribution is -2.08. The maximum atomic E-state index is 11.1. The number of nitrogens with one attached hydrogen (secondary N) is 1. The number of benzene rings is 1. The van der Waals surface area contributed by atoms with Crippen LogP contribution in [-0.4, -0.2) is 23.4 Å². The van der Waals surface area contributed by atoms with Crippen LogP contribution < -0.4 is 5.32 Å². The van der Waals surface area contributed by atoms with Crippen LogP contribution in [0.15, 0.2) is 24.3 Å². The predicted octanol–water partition coefficient (Wildman–Crippen LogP) is 1.31. The summed E-state index contributed by atoms with van der Waals surface area (Å²) in [6.45, 7) is 0. The van der Waals surface area contributed by atoms with E-state index in [-0.39, 0.29) is 5.91 Å². The molecule has 3 N–H and O–H groups in total. The summed E-state index contributed by atoms with van der Waals surface area (Å²) < 4.78 is 31.6. The Labute approximate surface area is 99.2 Å². The molecule has 6 nitrogen and oxygen atoms in total. The Morgan fingerprint density at radius 3 is 2.35 bits per heavy atom. The van der Waals surface area contributed by atoms with E-state index >= 15 is 0 Å². The predicted molar refractivity (Wildman–Crippen MR) is 62.2 cm³/mol. The Morgan fingerprint density at radius 2 is 1.71 bits per heavy atom. The van der Waals surface area contributed by atoms with Gasteiger partial charge in [0.15, 0.2) is 0 Å². The average molecular weight is 259 g/mol. The van der Waals surface area contributed by atoms with Crippen molar-refractivity contribution in [2.45, 2.75) is 19.3 Å². The number of carbonyl (C=O) groups is 1. The Bertz CT molecular complexity index is 489. The standard InChI is InChI=1S/C10H11NO.H2O4S/c12-10-7-3-5-8-4-1-2-6-9(8)11-10;1-5(2,3)4/h1-2,4,6H,3,5,7H2,(H,11,12);(H2,1,2,3,4). The molecule has 1 aliphatic heterocycles. The van der Waals surface area contributed by atoms with Crippen LogP contribution in [0.1, 0.15) is 18.4 Å². The summed E-state index contributed by atoms with van der Waals surface area (Å²) in [6.07, 6.45) is 2.62. The van der Waals surface area contributed by atoms with Gasteiger partial charge in [0.05, 0.1) is 0 Å². The maximum Gasteiger partial charge on any atom is 0.394 e. The van der Waals surface area contributed by atoms with Crippen LogP contribution in [0, 0.1) is 0 Å². The number of fused-ring (bicyclic) bond motifs is 1. The first-order valence-electron chi connectivity index (χ1n) is 4.94. The van der Waals surface area contributed by atoms with E-state index in [1.54, 1.807) is 0 Å². The zero-order valence-corrected chi connectivity index (χ0v) is 9.77. The second-order valence-electron chi connectivity index (χ2n) is 3.51. The van der Waals surface area contributed by atoms with E-state index in [9.17, 15) is 4.79 Å². The lowest BCUT2D eigenvalue weighted by molar-refractivity contribution is -0.116. The van der Waals surface area contributed by atoms with E-state index in [1.165, 1.54) is 5.56 Å². The number of hydrogen-bond acceptors (Lipinski definition) is 3. The van der Waals surface area contributed by atoms with Crippen LogP contribution in [0.3, 0.4) is 0 Å². The van der Waals surface area contributed by atoms with Gasteiger partial charge in [0.2, 0.25) is 5.91 Å². The molecule has 7 heteroatoms. The van der Waals surface area contributed by atoms with Crippen molar-refractivity contribution in [2.24, 2.45) is 0 Å². The second-order valence-corrected chi connectivity index (χ2v) is 4.40. The van der Waals surface area contributed by atoms with Crippen molar-refractivity contribution in [1.29, 1.82) is 0 Å². The van der Waals surface area contributed by atoms with E-state index in [4.69, 9.17) is 17.5 Å². The molecule has 1 aromatic rings. The van der Waals surface area contributed by atoms with Crippen molar-refractivity contribution < 1.29 is 22.3 Å². The Morgan fingerprint density at radius 1 is 1.12 bits per heavy atom. The monoisotopic (exact) mass is 259 g/mol. The molecule has 1 heterocycles. The van der Waals surface area contributed by atoms with E-state index < -0.39 is 10.4 Å². The smallest absolute Gasteiger partial charge is 0.326 e. The number of amides is 1. The van der Waals surface area contributed by atoms with Crippen molar-refractivity contribution in [2.75, 3.05) is 5.32 Å². The quantitative estimate of drug-likeness (QED) is 0.609. The fourth-order valence-electron chi connectivity index (χ4n) is 1.51. The van der Waals surface area contributed by atoms with E-state index in [0.29, 0.717) is 6.42 Å². The number of hydrogen-bond donors (Lipinski definition) is 3. The molecule has 0 unspecified atom stereocenters. The van der Waals surface area contributed by atoms with Crippen molar-refractivity contribution in [3.05, 3.63) is 29.8 Å². The van der Waals surface area contributed by atoms with Gasteiger partial charge in [-0.2, -0.15) is 8.42 Å². The highest BCUT2D eigenvalue weighted by Crippen LogP contribution is 2.20. The Balaban J connectivity index is 0.000000249. The minimum absolute atomic E-state index is 0.139. The normalized spacial score (nSPS) is 14.8. The van der Waals surface area contributed by atoms with Crippen molar-refractivity contribution >= 4 is 22.0 Å². The van der Waals surface area contributed by atoms with Gasteiger partial charge < -0.3 is 5.32 Å². The molecule has 0 atom stereocenters. The van der Waals surface area contributed by atoms with E-state index in [2.05, 4.69) is 11.4 Å². The molecule has 0 aromatic heterocycles. The number of carbonyl (C=O) groups excluding carboxylic acids is 1. The van der Waals surface area contributed by atoms with Gasteiger partial charge in [-0.3, -0.25) is 13.9 Å². The van der Waals surface area contributed by atoms with Crippen LogP contribution in [0.2, 0.25) is 0 Å². The summed E-state index contributed by atoms with van der Waals surface area (Å²) in [5.74, 6) is 0.139. The lowest BCUT2D eigenvalue weighted by Gasteiger charge is -2.04. The van der Waals surface area contributed by atoms with Gasteiger partial charge in [0.1, 0.15) is 0 Å². The molecule has 1 aliphatic rings. The van der Waals surface area contributed by atoms with Gasteiger partial charge in [0.25, 0.3) is 0 Å². The Kier molecular flexibility index (Phi) is 4.62. The maximum absolute atomic E-state index is 11.1. The van der Waals surface area contributed by atoms with Gasteiger partial charge in [-0.15, -0.1) is 0 Å². The molecule has 0 bridgehead atoms. The van der Waals surface area contributed by atoms with Crippen molar-refractivity contribution in [3.8, 4) is 0 Å². The van der Waals surface area contributed by atoms with Gasteiger partial charge in [0, 0.05) is 12.1 Å². The third-order valence-electron chi connectivity index (χ3n) is 2.14. The lowest BCUT2D eigenvalue weighted by atomic mass is 10.1. The highest BCUT2D eigenvalue weighted by molar-refractivity contribution is 7.79. The van der Waals surface area contributed by atoms with Gasteiger partial charge in [-0.1, -0.05) is 18.2 Å². The molecule has 0 radical (unpaired) electrons. The number of rotatable bonds is 0. The molecule has 94 valence electrons. The summed E-state index contributed by atoms with van der Waals surface area (Å²) in [6, 6.07) is 7.99. The fourth-order valence-corrected chi connectivity index (χ4v) is 1.51. The summed E-state index contributed by atoms with van der Waals surface area (Å²) in [5, 5.41) is 2.88. The van der Waals surface area contributed by atoms with Gasteiger partial charge in [-0.05, 0) is 24.5 Å². The molecule has 0 spiro atoms. The molecule has 1 amide bonds. The summed E-state index contributed by atoms with van der Waals surface area (Å²) in [7, 11) is -4.67. The van der Waals surface area contributed by atoms with Crippen LogP contribution in [0.4, 0.5) is 5.69 Å². The summed E-state index contributed by atoms with van der Waals surface area (Å²) in [5.41, 5.74) is 2.24. The first-order valence-corrected chi connectivity index (χ1v) is 6.33. The van der Waals surface area contributed by atoms with Crippen LogP contribution in [-0.2, 0) is 21.6 Å². The Hall–Kier alpha value is -1.44. The van der Waals surface area contributed by atoms with Crippen LogP contribution in [0.5, 0.6) is 0 Å². The summed E-state index contributed by atoms with van der Waals surface area (Å²) in [4.78, 5) is 11.1. The molecule has 0 saturated carbocycles. The minimum Gasteiger partial charge on any atom is -0.326 e. The molecule has 2 rings (SSSR count). The number of para-hydroxylation sites is 1. The topological polar surface area (TPSA) is 104 Å². The zero-order valence-electron chi connectivity index (χ0n) is 8.96. The molecule has 0 saturated heterocycles. The average Bonchev–Trinajstić information content (AvgIpc) is 2.35. The summed E-state index contributed by atoms with van der Waals surface area (Å²) >= 11 is 0.